The van der Waals surface area contributed by atoms with Crippen molar-refractivity contribution in [2.75, 3.05) is 12.3 Å². The lowest BCUT2D eigenvalue weighted by molar-refractivity contribution is 0.0932. The number of thiazole rings is 1. The summed E-state index contributed by atoms with van der Waals surface area (Å²) in [5.41, 5.74) is 6.96. The standard InChI is InChI=1S/C16H16N4O2S/c1-10(22-12-3-2-6-18-9-12)8-19-15(21)11-4-5-14-13(7-11)20-16(17)23-14/h2-7,9-10H,8H2,1H3,(H2,17,20)(H,19,21). The molecular weight excluding hydrogens is 312 g/mol. The smallest absolute Gasteiger partial charge is 0.251 e. The van der Waals surface area contributed by atoms with Crippen molar-refractivity contribution in [3.8, 4) is 5.75 Å². The first-order valence-electron chi connectivity index (χ1n) is 7.13. The van der Waals surface area contributed by atoms with Gasteiger partial charge in [0.15, 0.2) is 5.13 Å². The van der Waals surface area contributed by atoms with E-state index in [1.807, 2.05) is 19.1 Å². The van der Waals surface area contributed by atoms with Crippen LogP contribution in [0.4, 0.5) is 5.13 Å². The number of benzene rings is 1. The van der Waals surface area contributed by atoms with E-state index < -0.39 is 0 Å². The zero-order valence-electron chi connectivity index (χ0n) is 12.5. The van der Waals surface area contributed by atoms with Gasteiger partial charge in [-0.15, -0.1) is 0 Å². The summed E-state index contributed by atoms with van der Waals surface area (Å²) in [7, 11) is 0. The zero-order chi connectivity index (χ0) is 16.2. The number of carbonyl (C=O) groups is 1. The summed E-state index contributed by atoms with van der Waals surface area (Å²) >= 11 is 1.40. The minimum atomic E-state index is -0.167. The number of anilines is 1. The molecule has 1 atom stereocenters. The summed E-state index contributed by atoms with van der Waals surface area (Å²) < 4.78 is 6.63. The van der Waals surface area contributed by atoms with Gasteiger partial charge in [-0.3, -0.25) is 9.78 Å². The molecule has 0 saturated heterocycles. The van der Waals surface area contributed by atoms with Gasteiger partial charge >= 0.3 is 0 Å². The van der Waals surface area contributed by atoms with Crippen LogP contribution in [0.25, 0.3) is 10.2 Å². The van der Waals surface area contributed by atoms with Crippen molar-refractivity contribution in [2.24, 2.45) is 0 Å². The number of nitrogens with zero attached hydrogens (tertiary/aromatic N) is 2. The molecular formula is C16H16N4O2S. The Balaban J connectivity index is 1.59. The number of ether oxygens (including phenoxy) is 1. The number of nitrogen functional groups attached to an aromatic ring is 1. The Labute approximate surface area is 137 Å². The summed E-state index contributed by atoms with van der Waals surface area (Å²) in [5, 5.41) is 3.35. The van der Waals surface area contributed by atoms with Gasteiger partial charge in [-0.1, -0.05) is 11.3 Å². The van der Waals surface area contributed by atoms with Gasteiger partial charge in [-0.25, -0.2) is 4.98 Å². The van der Waals surface area contributed by atoms with Crippen molar-refractivity contribution in [1.82, 2.24) is 15.3 Å². The van der Waals surface area contributed by atoms with Gasteiger partial charge in [0, 0.05) is 11.8 Å². The lowest BCUT2D eigenvalue weighted by atomic mass is 10.2. The van der Waals surface area contributed by atoms with Gasteiger partial charge in [0.25, 0.3) is 5.91 Å². The normalized spacial score (nSPS) is 12.0. The molecule has 1 amide bonds. The van der Waals surface area contributed by atoms with E-state index in [0.717, 1.165) is 10.2 Å². The average molecular weight is 328 g/mol. The molecule has 3 rings (SSSR count). The van der Waals surface area contributed by atoms with Gasteiger partial charge in [0.2, 0.25) is 0 Å². The van der Waals surface area contributed by atoms with E-state index in [9.17, 15) is 4.79 Å². The van der Waals surface area contributed by atoms with Crippen LogP contribution in [0.2, 0.25) is 0 Å². The van der Waals surface area contributed by atoms with E-state index >= 15 is 0 Å². The molecule has 0 aliphatic carbocycles. The fourth-order valence-corrected chi connectivity index (χ4v) is 2.83. The van der Waals surface area contributed by atoms with Gasteiger partial charge in [-0.05, 0) is 37.3 Å². The average Bonchev–Trinajstić information content (AvgIpc) is 2.92. The lowest BCUT2D eigenvalue weighted by Crippen LogP contribution is -2.33. The summed E-state index contributed by atoms with van der Waals surface area (Å²) in [6, 6.07) is 8.99. The van der Waals surface area contributed by atoms with Crippen molar-refractivity contribution >= 4 is 32.6 Å². The van der Waals surface area contributed by atoms with Crippen molar-refractivity contribution < 1.29 is 9.53 Å². The highest BCUT2D eigenvalue weighted by atomic mass is 32.1. The third-order valence-electron chi connectivity index (χ3n) is 3.19. The molecule has 118 valence electrons. The van der Waals surface area contributed by atoms with Crippen LogP contribution in [0, 0.1) is 0 Å². The molecule has 2 heterocycles. The molecule has 0 radical (unpaired) electrons. The van der Waals surface area contributed by atoms with Crippen molar-refractivity contribution in [3.63, 3.8) is 0 Å². The predicted molar refractivity (Wildman–Crippen MR) is 90.7 cm³/mol. The van der Waals surface area contributed by atoms with Gasteiger partial charge < -0.3 is 15.8 Å². The molecule has 2 aromatic heterocycles. The van der Waals surface area contributed by atoms with Crippen molar-refractivity contribution in [1.29, 1.82) is 0 Å². The molecule has 0 aliphatic rings. The molecule has 7 heteroatoms. The minimum absolute atomic E-state index is 0.165. The molecule has 23 heavy (non-hydrogen) atoms. The van der Waals surface area contributed by atoms with Crippen LogP contribution in [0.15, 0.2) is 42.7 Å². The lowest BCUT2D eigenvalue weighted by Gasteiger charge is -2.15. The fourth-order valence-electron chi connectivity index (χ4n) is 2.12. The topological polar surface area (TPSA) is 90.1 Å². The Bertz CT molecular complexity index is 819. The number of nitrogens with one attached hydrogen (secondary N) is 1. The number of rotatable bonds is 5. The van der Waals surface area contributed by atoms with Crippen LogP contribution in [0.5, 0.6) is 5.75 Å². The highest BCUT2D eigenvalue weighted by molar-refractivity contribution is 7.22. The van der Waals surface area contributed by atoms with E-state index in [1.165, 1.54) is 11.3 Å². The summed E-state index contributed by atoms with van der Waals surface area (Å²) in [4.78, 5) is 20.4. The van der Waals surface area contributed by atoms with Crippen LogP contribution in [-0.2, 0) is 0 Å². The molecule has 0 bridgehead atoms. The quantitative estimate of drug-likeness (QED) is 0.751. The molecule has 1 unspecified atom stereocenters. The number of carbonyl (C=O) groups excluding carboxylic acids is 1. The number of nitrogens with two attached hydrogens (primary N) is 1. The summed E-state index contributed by atoms with van der Waals surface area (Å²) in [5.74, 6) is 0.508. The molecule has 0 saturated carbocycles. The molecule has 0 fully saturated rings. The maximum atomic E-state index is 12.2. The van der Waals surface area contributed by atoms with Crippen molar-refractivity contribution in [2.45, 2.75) is 13.0 Å². The fraction of sp³-hybridized carbons (Fsp3) is 0.188. The van der Waals surface area contributed by atoms with Crippen LogP contribution in [-0.4, -0.2) is 28.5 Å². The van der Waals surface area contributed by atoms with E-state index in [-0.39, 0.29) is 12.0 Å². The number of hydrogen-bond donors (Lipinski definition) is 2. The van der Waals surface area contributed by atoms with E-state index in [1.54, 1.807) is 30.6 Å². The first-order valence-corrected chi connectivity index (χ1v) is 7.94. The Kier molecular flexibility index (Phi) is 4.38. The molecule has 3 N–H and O–H groups in total. The molecule has 1 aromatic carbocycles. The Morgan fingerprint density at radius 2 is 2.30 bits per heavy atom. The number of pyridine rings is 1. The minimum Gasteiger partial charge on any atom is -0.487 e. The monoisotopic (exact) mass is 328 g/mol. The van der Waals surface area contributed by atoms with E-state index in [0.29, 0.717) is 23.0 Å². The zero-order valence-corrected chi connectivity index (χ0v) is 13.3. The van der Waals surface area contributed by atoms with Crippen LogP contribution in [0.1, 0.15) is 17.3 Å². The maximum absolute atomic E-state index is 12.2. The van der Waals surface area contributed by atoms with Gasteiger partial charge in [-0.2, -0.15) is 0 Å². The van der Waals surface area contributed by atoms with Crippen LogP contribution < -0.4 is 15.8 Å². The largest absolute Gasteiger partial charge is 0.487 e. The second-order valence-electron chi connectivity index (χ2n) is 5.06. The summed E-state index contributed by atoms with van der Waals surface area (Å²) in [6.45, 7) is 2.28. The molecule has 0 aliphatic heterocycles. The molecule has 3 aromatic rings. The Morgan fingerprint density at radius 3 is 3.09 bits per heavy atom. The first kappa shape index (κ1) is 15.2. The third-order valence-corrected chi connectivity index (χ3v) is 4.05. The van der Waals surface area contributed by atoms with Crippen molar-refractivity contribution in [3.05, 3.63) is 48.3 Å². The highest BCUT2D eigenvalue weighted by Crippen LogP contribution is 2.24. The van der Waals surface area contributed by atoms with Crippen LogP contribution in [0.3, 0.4) is 0 Å². The number of aromatic nitrogens is 2. The summed E-state index contributed by atoms with van der Waals surface area (Å²) in [6.07, 6.45) is 3.15. The number of amides is 1. The van der Waals surface area contributed by atoms with E-state index in [2.05, 4.69) is 15.3 Å². The SMILES string of the molecule is CC(CNC(=O)c1ccc2sc(N)nc2c1)Oc1cccnc1. The second kappa shape index (κ2) is 6.62. The molecule has 0 spiro atoms. The number of hydrogen-bond acceptors (Lipinski definition) is 6. The first-order chi connectivity index (χ1) is 11.1. The Hall–Kier alpha value is -2.67. The predicted octanol–water partition coefficient (Wildman–Crippen LogP) is 2.47. The van der Waals surface area contributed by atoms with Crippen LogP contribution >= 0.6 is 11.3 Å². The van der Waals surface area contributed by atoms with E-state index in [4.69, 9.17) is 10.5 Å². The van der Waals surface area contributed by atoms with Gasteiger partial charge in [0.05, 0.1) is 23.0 Å². The highest BCUT2D eigenvalue weighted by Gasteiger charge is 2.11. The number of fused-ring (bicyclic) bond motifs is 1. The van der Waals surface area contributed by atoms with Gasteiger partial charge in [0.1, 0.15) is 11.9 Å². The molecule has 6 nitrogen and oxygen atoms in total. The maximum Gasteiger partial charge on any atom is 0.251 e. The second-order valence-corrected chi connectivity index (χ2v) is 6.12. The Morgan fingerprint density at radius 1 is 1.43 bits per heavy atom. The third kappa shape index (κ3) is 3.75.